The predicted octanol–water partition coefficient (Wildman–Crippen LogP) is 4.26. The number of hydrogen-bond acceptors (Lipinski definition) is 2. The van der Waals surface area contributed by atoms with Gasteiger partial charge in [-0.15, -0.1) is 0 Å². The van der Waals surface area contributed by atoms with Crippen LogP contribution in [0.2, 0.25) is 0 Å². The van der Waals surface area contributed by atoms with Gasteiger partial charge in [0.15, 0.2) is 0 Å². The molecule has 0 atom stereocenters. The van der Waals surface area contributed by atoms with E-state index in [9.17, 15) is 9.59 Å². The van der Waals surface area contributed by atoms with Crippen molar-refractivity contribution in [2.24, 2.45) is 0 Å². The Labute approximate surface area is 143 Å². The van der Waals surface area contributed by atoms with Crippen LogP contribution in [0.3, 0.4) is 0 Å². The van der Waals surface area contributed by atoms with Crippen LogP contribution in [0, 0.1) is 6.92 Å². The largest absolute Gasteiger partial charge is 0.326 e. The topological polar surface area (TPSA) is 58.2 Å². The van der Waals surface area contributed by atoms with Crippen molar-refractivity contribution in [3.8, 4) is 0 Å². The molecule has 0 spiro atoms. The van der Waals surface area contributed by atoms with Crippen LogP contribution in [-0.2, 0) is 16.0 Å². The molecule has 0 heterocycles. The van der Waals surface area contributed by atoms with E-state index in [1.807, 2.05) is 31.2 Å². The lowest BCUT2D eigenvalue weighted by atomic mass is 9.98. The number of aryl methyl sites for hydroxylation is 1. The predicted molar refractivity (Wildman–Crippen MR) is 98.3 cm³/mol. The number of hydrogen-bond donors (Lipinski definition) is 2. The van der Waals surface area contributed by atoms with E-state index < -0.39 is 0 Å². The molecule has 2 aromatic carbocycles. The number of nitrogens with one attached hydrogen (secondary N) is 2. The third kappa shape index (κ3) is 4.69. The van der Waals surface area contributed by atoms with Crippen LogP contribution in [0.4, 0.5) is 11.4 Å². The van der Waals surface area contributed by atoms with Gasteiger partial charge in [-0.25, -0.2) is 0 Å². The summed E-state index contributed by atoms with van der Waals surface area (Å²) in [5.74, 6) is 0.192. The average molecular weight is 324 g/mol. The molecule has 0 aromatic heterocycles. The molecular formula is C20H24N2O2. The summed E-state index contributed by atoms with van der Waals surface area (Å²) in [4.78, 5) is 23.4. The maximum atomic E-state index is 12.4. The molecule has 0 saturated carbocycles. The monoisotopic (exact) mass is 324 g/mol. The highest BCUT2D eigenvalue weighted by atomic mass is 16.2. The smallest absolute Gasteiger partial charge is 0.228 e. The Kier molecular flexibility index (Phi) is 5.74. The van der Waals surface area contributed by atoms with E-state index in [2.05, 4.69) is 30.5 Å². The molecule has 0 aliphatic heterocycles. The Morgan fingerprint density at radius 3 is 2.25 bits per heavy atom. The summed E-state index contributed by atoms with van der Waals surface area (Å²) < 4.78 is 0. The lowest BCUT2D eigenvalue weighted by Gasteiger charge is -2.16. The summed E-state index contributed by atoms with van der Waals surface area (Å²) >= 11 is 0. The van der Waals surface area contributed by atoms with Gasteiger partial charge >= 0.3 is 0 Å². The normalized spacial score (nSPS) is 10.5. The van der Waals surface area contributed by atoms with Crippen molar-refractivity contribution in [2.75, 3.05) is 10.6 Å². The van der Waals surface area contributed by atoms with Gasteiger partial charge in [0.2, 0.25) is 11.8 Å². The van der Waals surface area contributed by atoms with Crippen LogP contribution < -0.4 is 10.6 Å². The van der Waals surface area contributed by atoms with Crippen LogP contribution in [0.1, 0.15) is 43.4 Å². The van der Waals surface area contributed by atoms with Crippen molar-refractivity contribution in [2.45, 2.75) is 40.0 Å². The molecule has 0 fully saturated rings. The first-order chi connectivity index (χ1) is 11.4. The van der Waals surface area contributed by atoms with Gasteiger partial charge in [0.25, 0.3) is 0 Å². The van der Waals surface area contributed by atoms with Gasteiger partial charge in [-0.3, -0.25) is 9.59 Å². The van der Waals surface area contributed by atoms with Crippen LogP contribution in [0.5, 0.6) is 0 Å². The molecule has 0 saturated heterocycles. The first kappa shape index (κ1) is 17.7. The van der Waals surface area contributed by atoms with E-state index in [1.165, 1.54) is 6.92 Å². The van der Waals surface area contributed by atoms with E-state index >= 15 is 0 Å². The minimum atomic E-state index is -0.110. The SMILES string of the molecule is CC(=O)Nc1ccc(CC(=O)Nc2c(C)cccc2C(C)C)cc1. The first-order valence-corrected chi connectivity index (χ1v) is 8.12. The van der Waals surface area contributed by atoms with Crippen LogP contribution in [0.25, 0.3) is 0 Å². The Hall–Kier alpha value is -2.62. The second-order valence-corrected chi connectivity index (χ2v) is 6.30. The van der Waals surface area contributed by atoms with Crippen LogP contribution in [-0.4, -0.2) is 11.8 Å². The van der Waals surface area contributed by atoms with E-state index in [0.29, 0.717) is 12.3 Å². The molecule has 2 N–H and O–H groups in total. The maximum absolute atomic E-state index is 12.4. The molecule has 24 heavy (non-hydrogen) atoms. The Balaban J connectivity index is 2.07. The molecule has 0 aliphatic carbocycles. The Bertz CT molecular complexity index is 734. The van der Waals surface area contributed by atoms with Gasteiger partial charge in [-0.05, 0) is 41.7 Å². The van der Waals surface area contributed by atoms with Crippen molar-refractivity contribution in [1.29, 1.82) is 0 Å². The van der Waals surface area contributed by atoms with Gasteiger partial charge in [0, 0.05) is 18.3 Å². The molecule has 2 rings (SSSR count). The minimum Gasteiger partial charge on any atom is -0.326 e. The number of carbonyl (C=O) groups excluding carboxylic acids is 2. The summed E-state index contributed by atoms with van der Waals surface area (Å²) in [6.45, 7) is 7.70. The highest BCUT2D eigenvalue weighted by Crippen LogP contribution is 2.27. The fraction of sp³-hybridized carbons (Fsp3) is 0.300. The second kappa shape index (κ2) is 7.77. The number of anilines is 2. The van der Waals surface area contributed by atoms with Crippen LogP contribution in [0.15, 0.2) is 42.5 Å². The van der Waals surface area contributed by atoms with Crippen molar-refractivity contribution < 1.29 is 9.59 Å². The standard InChI is InChI=1S/C20H24N2O2/c1-13(2)18-7-5-6-14(3)20(18)22-19(24)12-16-8-10-17(11-9-16)21-15(4)23/h5-11,13H,12H2,1-4H3,(H,21,23)(H,22,24). The summed E-state index contributed by atoms with van der Waals surface area (Å²) in [5.41, 5.74) is 4.75. The number of carbonyl (C=O) groups is 2. The van der Waals surface area contributed by atoms with Crippen molar-refractivity contribution in [1.82, 2.24) is 0 Å². The Morgan fingerprint density at radius 1 is 1.00 bits per heavy atom. The fourth-order valence-electron chi connectivity index (χ4n) is 2.62. The molecule has 2 aromatic rings. The van der Waals surface area contributed by atoms with Gasteiger partial charge in [0.1, 0.15) is 0 Å². The lowest BCUT2D eigenvalue weighted by Crippen LogP contribution is -2.17. The molecule has 4 heteroatoms. The summed E-state index contributed by atoms with van der Waals surface area (Å²) in [6.07, 6.45) is 0.298. The average Bonchev–Trinajstić information content (AvgIpc) is 2.50. The third-order valence-electron chi connectivity index (χ3n) is 3.83. The molecule has 4 nitrogen and oxygen atoms in total. The maximum Gasteiger partial charge on any atom is 0.228 e. The van der Waals surface area contributed by atoms with Gasteiger partial charge in [-0.2, -0.15) is 0 Å². The number of para-hydroxylation sites is 1. The Morgan fingerprint density at radius 2 is 1.67 bits per heavy atom. The van der Waals surface area contributed by atoms with E-state index in [0.717, 1.165) is 28.1 Å². The molecule has 0 aliphatic rings. The highest BCUT2D eigenvalue weighted by molar-refractivity contribution is 5.94. The number of benzene rings is 2. The molecule has 126 valence electrons. The summed E-state index contributed by atoms with van der Waals surface area (Å²) in [6, 6.07) is 13.4. The van der Waals surface area contributed by atoms with Crippen molar-refractivity contribution >= 4 is 23.2 Å². The van der Waals surface area contributed by atoms with E-state index in [1.54, 1.807) is 12.1 Å². The third-order valence-corrected chi connectivity index (χ3v) is 3.83. The summed E-state index contributed by atoms with van der Waals surface area (Å²) in [7, 11) is 0. The van der Waals surface area contributed by atoms with E-state index in [-0.39, 0.29) is 11.8 Å². The zero-order valence-electron chi connectivity index (χ0n) is 14.6. The van der Waals surface area contributed by atoms with Gasteiger partial charge in [0.05, 0.1) is 6.42 Å². The number of rotatable bonds is 5. The quantitative estimate of drug-likeness (QED) is 0.863. The van der Waals surface area contributed by atoms with Gasteiger partial charge in [-0.1, -0.05) is 44.2 Å². The lowest BCUT2D eigenvalue weighted by molar-refractivity contribution is -0.116. The molecule has 0 unspecified atom stereocenters. The zero-order valence-corrected chi connectivity index (χ0v) is 14.6. The second-order valence-electron chi connectivity index (χ2n) is 6.30. The van der Waals surface area contributed by atoms with Crippen molar-refractivity contribution in [3.05, 3.63) is 59.2 Å². The van der Waals surface area contributed by atoms with Crippen LogP contribution >= 0.6 is 0 Å². The fourth-order valence-corrected chi connectivity index (χ4v) is 2.62. The highest BCUT2D eigenvalue weighted by Gasteiger charge is 2.12. The number of amides is 2. The zero-order chi connectivity index (χ0) is 17.7. The first-order valence-electron chi connectivity index (χ1n) is 8.12. The van der Waals surface area contributed by atoms with E-state index in [4.69, 9.17) is 0 Å². The van der Waals surface area contributed by atoms with Crippen molar-refractivity contribution in [3.63, 3.8) is 0 Å². The van der Waals surface area contributed by atoms with Gasteiger partial charge < -0.3 is 10.6 Å². The summed E-state index contributed by atoms with van der Waals surface area (Å²) in [5, 5.41) is 5.76. The minimum absolute atomic E-state index is 0.0431. The molecule has 0 bridgehead atoms. The molecule has 0 radical (unpaired) electrons. The molecular weight excluding hydrogens is 300 g/mol. The molecule has 2 amide bonds.